The van der Waals surface area contributed by atoms with E-state index in [9.17, 15) is 0 Å². The summed E-state index contributed by atoms with van der Waals surface area (Å²) in [6.07, 6.45) is 10.3. The Morgan fingerprint density at radius 1 is 0.727 bits per heavy atom. The van der Waals surface area contributed by atoms with E-state index in [0.29, 0.717) is 13.2 Å². The Hall–Kier alpha value is -0.240. The van der Waals surface area contributed by atoms with Crippen molar-refractivity contribution in [2.24, 2.45) is 22.9 Å². The summed E-state index contributed by atoms with van der Waals surface area (Å²) >= 11 is 0. The monoisotopic (exact) mass is 316 g/mol. The van der Waals surface area contributed by atoms with Crippen LogP contribution >= 0.6 is 0 Å². The molecule has 0 aromatic rings. The molecular weight excluding hydrogens is 280 g/mol. The third-order valence-corrected chi connectivity index (χ3v) is 4.34. The van der Waals surface area contributed by atoms with Crippen LogP contribution < -0.4 is 22.9 Å². The zero-order valence-electron chi connectivity index (χ0n) is 14.0. The molecule has 0 aliphatic carbocycles. The highest BCUT2D eigenvalue weighted by molar-refractivity contribution is 4.83. The fourth-order valence-corrected chi connectivity index (χ4v) is 3.04. The standard InChI is InChI=1S/C16H36N4O2/c17-14(18)7-3-1-5-9-16(13-21-11-12-22-16)10-6-2-4-8-15(19)20/h14-15H,1-13,17-20H2. The zero-order valence-corrected chi connectivity index (χ0v) is 14.0. The molecule has 0 bridgehead atoms. The molecule has 0 aromatic heterocycles. The lowest BCUT2D eigenvalue weighted by Crippen LogP contribution is -2.43. The summed E-state index contributed by atoms with van der Waals surface area (Å²) in [4.78, 5) is 0. The Morgan fingerprint density at radius 2 is 1.27 bits per heavy atom. The molecule has 6 heteroatoms. The molecule has 8 N–H and O–H groups in total. The molecule has 0 amide bonds. The normalized spacial score (nSPS) is 18.3. The van der Waals surface area contributed by atoms with E-state index in [2.05, 4.69) is 0 Å². The minimum absolute atomic E-state index is 0.0894. The van der Waals surface area contributed by atoms with Gasteiger partial charge in [0.15, 0.2) is 0 Å². The molecule has 1 saturated heterocycles. The van der Waals surface area contributed by atoms with Crippen molar-refractivity contribution >= 4 is 0 Å². The van der Waals surface area contributed by atoms with E-state index in [1.807, 2.05) is 0 Å². The average molecular weight is 316 g/mol. The highest BCUT2D eigenvalue weighted by Gasteiger charge is 2.32. The van der Waals surface area contributed by atoms with Crippen LogP contribution in [0.2, 0.25) is 0 Å². The summed E-state index contributed by atoms with van der Waals surface area (Å²) < 4.78 is 11.8. The van der Waals surface area contributed by atoms with E-state index in [4.69, 9.17) is 32.4 Å². The molecular formula is C16H36N4O2. The van der Waals surface area contributed by atoms with Gasteiger partial charge in [0.1, 0.15) is 0 Å². The van der Waals surface area contributed by atoms with Crippen LogP contribution in [0.15, 0.2) is 0 Å². The number of ether oxygens (including phenoxy) is 2. The van der Waals surface area contributed by atoms with E-state index in [-0.39, 0.29) is 17.9 Å². The van der Waals surface area contributed by atoms with Crippen LogP contribution in [-0.2, 0) is 9.47 Å². The second-order valence-corrected chi connectivity index (χ2v) is 6.61. The summed E-state index contributed by atoms with van der Waals surface area (Å²) in [5, 5.41) is 0. The SMILES string of the molecule is NC(N)CCCCCC1(CCCCCC(N)N)COCCO1. The quantitative estimate of drug-likeness (QED) is 0.316. The Labute approximate surface area is 135 Å². The van der Waals surface area contributed by atoms with Crippen molar-refractivity contribution in [1.29, 1.82) is 0 Å². The van der Waals surface area contributed by atoms with Crippen LogP contribution in [0.3, 0.4) is 0 Å². The second-order valence-electron chi connectivity index (χ2n) is 6.61. The van der Waals surface area contributed by atoms with Gasteiger partial charge in [-0.3, -0.25) is 0 Å². The lowest BCUT2D eigenvalue weighted by Gasteiger charge is -2.37. The Morgan fingerprint density at radius 3 is 1.68 bits per heavy atom. The minimum atomic E-state index is -0.183. The molecule has 22 heavy (non-hydrogen) atoms. The molecule has 132 valence electrons. The molecule has 1 rings (SSSR count). The highest BCUT2D eigenvalue weighted by Crippen LogP contribution is 2.29. The Balaban J connectivity index is 2.22. The van der Waals surface area contributed by atoms with Crippen molar-refractivity contribution in [2.45, 2.75) is 82.1 Å². The van der Waals surface area contributed by atoms with Crippen molar-refractivity contribution in [2.75, 3.05) is 19.8 Å². The third kappa shape index (κ3) is 9.02. The molecule has 0 atom stereocenters. The van der Waals surface area contributed by atoms with E-state index >= 15 is 0 Å². The summed E-state index contributed by atoms with van der Waals surface area (Å²) in [7, 11) is 0. The number of rotatable bonds is 12. The van der Waals surface area contributed by atoms with Gasteiger partial charge in [-0.25, -0.2) is 0 Å². The smallest absolute Gasteiger partial charge is 0.0916 e. The zero-order chi connectivity index (χ0) is 16.3. The number of unbranched alkanes of at least 4 members (excludes halogenated alkanes) is 4. The van der Waals surface area contributed by atoms with Gasteiger partial charge in [0.2, 0.25) is 0 Å². The number of hydrogen-bond donors (Lipinski definition) is 4. The molecule has 1 heterocycles. The fourth-order valence-electron chi connectivity index (χ4n) is 3.04. The Kier molecular flexibility index (Phi) is 10.2. The molecule has 1 fully saturated rings. The lowest BCUT2D eigenvalue weighted by atomic mass is 9.89. The van der Waals surface area contributed by atoms with Gasteiger partial charge in [-0.15, -0.1) is 0 Å². The van der Waals surface area contributed by atoms with Crippen molar-refractivity contribution in [3.05, 3.63) is 0 Å². The lowest BCUT2D eigenvalue weighted by molar-refractivity contribution is -0.165. The summed E-state index contributed by atoms with van der Waals surface area (Å²) in [5.41, 5.74) is 22.2. The molecule has 0 spiro atoms. The van der Waals surface area contributed by atoms with E-state index in [0.717, 1.165) is 70.8 Å². The molecule has 0 aromatic carbocycles. The van der Waals surface area contributed by atoms with Gasteiger partial charge >= 0.3 is 0 Å². The molecule has 0 unspecified atom stereocenters. The van der Waals surface area contributed by atoms with Crippen molar-refractivity contribution in [1.82, 2.24) is 0 Å². The second kappa shape index (κ2) is 11.3. The van der Waals surface area contributed by atoms with Crippen molar-refractivity contribution in [3.8, 4) is 0 Å². The van der Waals surface area contributed by atoms with E-state index in [1.54, 1.807) is 0 Å². The molecule has 1 aliphatic heterocycles. The molecule has 0 saturated carbocycles. The summed E-state index contributed by atoms with van der Waals surface area (Å²) in [6, 6.07) is 0. The largest absolute Gasteiger partial charge is 0.376 e. The first-order chi connectivity index (χ1) is 10.5. The topological polar surface area (TPSA) is 123 Å². The number of hydrogen-bond acceptors (Lipinski definition) is 6. The summed E-state index contributed by atoms with van der Waals surface area (Å²) in [6.45, 7) is 2.15. The minimum Gasteiger partial charge on any atom is -0.376 e. The van der Waals surface area contributed by atoms with Crippen molar-refractivity contribution in [3.63, 3.8) is 0 Å². The molecule has 0 radical (unpaired) electrons. The third-order valence-electron chi connectivity index (χ3n) is 4.34. The van der Waals surface area contributed by atoms with Crippen molar-refractivity contribution < 1.29 is 9.47 Å². The van der Waals surface area contributed by atoms with Gasteiger partial charge in [-0.2, -0.15) is 0 Å². The first-order valence-corrected chi connectivity index (χ1v) is 8.78. The molecule has 6 nitrogen and oxygen atoms in total. The number of nitrogens with two attached hydrogens (primary N) is 4. The fraction of sp³-hybridized carbons (Fsp3) is 1.00. The van der Waals surface area contributed by atoms with Gasteiger partial charge in [-0.1, -0.05) is 38.5 Å². The van der Waals surface area contributed by atoms with Crippen LogP contribution in [0.1, 0.15) is 64.2 Å². The van der Waals surface area contributed by atoms with Crippen LogP contribution in [0.5, 0.6) is 0 Å². The van der Waals surface area contributed by atoms with Crippen LogP contribution in [0.4, 0.5) is 0 Å². The van der Waals surface area contributed by atoms with Crippen LogP contribution in [0, 0.1) is 0 Å². The van der Waals surface area contributed by atoms with Gasteiger partial charge in [0.05, 0.1) is 37.8 Å². The van der Waals surface area contributed by atoms with E-state index in [1.165, 1.54) is 0 Å². The first kappa shape index (κ1) is 19.8. The maximum absolute atomic E-state index is 6.10. The van der Waals surface area contributed by atoms with Gasteiger partial charge < -0.3 is 32.4 Å². The van der Waals surface area contributed by atoms with Crippen LogP contribution in [-0.4, -0.2) is 37.8 Å². The highest BCUT2D eigenvalue weighted by atomic mass is 16.6. The van der Waals surface area contributed by atoms with E-state index < -0.39 is 0 Å². The summed E-state index contributed by atoms with van der Waals surface area (Å²) in [5.74, 6) is 0. The van der Waals surface area contributed by atoms with Gasteiger partial charge in [-0.05, 0) is 25.7 Å². The maximum atomic E-state index is 6.10. The predicted molar refractivity (Wildman–Crippen MR) is 90.0 cm³/mol. The van der Waals surface area contributed by atoms with Gasteiger partial charge in [0.25, 0.3) is 0 Å². The van der Waals surface area contributed by atoms with Crippen LogP contribution in [0.25, 0.3) is 0 Å². The predicted octanol–water partition coefficient (Wildman–Crippen LogP) is 1.16. The van der Waals surface area contributed by atoms with Gasteiger partial charge in [0, 0.05) is 0 Å². The average Bonchev–Trinajstić information content (AvgIpc) is 2.47. The molecule has 1 aliphatic rings. The Bertz CT molecular complexity index is 249. The maximum Gasteiger partial charge on any atom is 0.0916 e. The first-order valence-electron chi connectivity index (χ1n) is 8.78.